The van der Waals surface area contributed by atoms with Crippen molar-refractivity contribution >= 4 is 17.3 Å². The zero-order valence-corrected chi connectivity index (χ0v) is 10.2. The summed E-state index contributed by atoms with van der Waals surface area (Å²) in [6, 6.07) is 9.15. The van der Waals surface area contributed by atoms with Crippen molar-refractivity contribution in [2.45, 2.75) is 6.92 Å². The molecule has 1 heterocycles. The Hall–Kier alpha value is -2.76. The Morgan fingerprint density at radius 1 is 1.32 bits per heavy atom. The molecule has 6 nitrogen and oxygen atoms in total. The van der Waals surface area contributed by atoms with Gasteiger partial charge >= 0.3 is 0 Å². The minimum Gasteiger partial charge on any atom is -0.322 e. The summed E-state index contributed by atoms with van der Waals surface area (Å²) in [6.45, 7) is 1.82. The van der Waals surface area contributed by atoms with Crippen LogP contribution in [-0.2, 0) is 0 Å². The zero-order valence-electron chi connectivity index (χ0n) is 10.2. The van der Waals surface area contributed by atoms with Gasteiger partial charge in [0.05, 0.1) is 10.5 Å². The molecule has 2 rings (SSSR count). The molecule has 6 heteroatoms. The lowest BCUT2D eigenvalue weighted by Crippen LogP contribution is -2.12. The topological polar surface area (TPSA) is 85.1 Å². The van der Waals surface area contributed by atoms with Gasteiger partial charge in [-0.25, -0.2) is 0 Å². The number of rotatable bonds is 3. The third-order valence-corrected chi connectivity index (χ3v) is 2.49. The lowest BCUT2D eigenvalue weighted by Gasteiger charge is -2.04. The molecule has 0 aliphatic heterocycles. The molecule has 1 amide bonds. The highest BCUT2D eigenvalue weighted by molar-refractivity contribution is 6.04. The van der Waals surface area contributed by atoms with E-state index in [2.05, 4.69) is 10.3 Å². The van der Waals surface area contributed by atoms with Crippen LogP contribution in [0, 0.1) is 17.0 Å². The van der Waals surface area contributed by atoms with E-state index >= 15 is 0 Å². The quantitative estimate of drug-likeness (QED) is 0.676. The number of carbonyl (C=O) groups excluding carboxylic acids is 1. The van der Waals surface area contributed by atoms with Crippen LogP contribution in [-0.4, -0.2) is 15.8 Å². The Balaban J connectivity index is 2.17. The average molecular weight is 257 g/mol. The number of hydrogen-bond donors (Lipinski definition) is 1. The molecule has 1 N–H and O–H groups in total. The minimum atomic E-state index is -0.511. The van der Waals surface area contributed by atoms with Gasteiger partial charge in [-0.05, 0) is 25.1 Å². The number of nitro groups is 1. The van der Waals surface area contributed by atoms with E-state index in [0.717, 1.165) is 5.69 Å². The fraction of sp³-hybridized carbons (Fsp3) is 0.0769. The summed E-state index contributed by atoms with van der Waals surface area (Å²) in [5, 5.41) is 13.2. The Kier molecular flexibility index (Phi) is 3.51. The van der Waals surface area contributed by atoms with E-state index in [1.54, 1.807) is 18.2 Å². The summed E-state index contributed by atoms with van der Waals surface area (Å²) in [5.41, 5.74) is 1.52. The molecule has 96 valence electrons. The zero-order chi connectivity index (χ0) is 13.8. The van der Waals surface area contributed by atoms with Gasteiger partial charge in [-0.1, -0.05) is 6.07 Å². The number of amides is 1. The average Bonchev–Trinajstić information content (AvgIpc) is 2.39. The van der Waals surface area contributed by atoms with Crippen LogP contribution >= 0.6 is 0 Å². The van der Waals surface area contributed by atoms with Crippen molar-refractivity contribution in [3.63, 3.8) is 0 Å². The molecule has 0 saturated carbocycles. The second kappa shape index (κ2) is 5.26. The van der Waals surface area contributed by atoms with Gasteiger partial charge in [-0.2, -0.15) is 0 Å². The standard InChI is InChI=1S/C13H11N3O3/c1-9-5-6-10(8-14-9)13(17)15-11-3-2-4-12(7-11)16(18)19/h2-8H,1H3,(H,15,17). The maximum absolute atomic E-state index is 11.9. The van der Waals surface area contributed by atoms with Crippen molar-refractivity contribution in [3.05, 3.63) is 64.0 Å². The number of benzene rings is 1. The fourth-order valence-electron chi connectivity index (χ4n) is 1.50. The Morgan fingerprint density at radius 3 is 2.74 bits per heavy atom. The largest absolute Gasteiger partial charge is 0.322 e. The predicted octanol–water partition coefficient (Wildman–Crippen LogP) is 2.55. The molecular weight excluding hydrogens is 246 g/mol. The first-order chi connectivity index (χ1) is 9.06. The van der Waals surface area contributed by atoms with E-state index in [1.807, 2.05) is 6.92 Å². The highest BCUT2D eigenvalue weighted by Crippen LogP contribution is 2.17. The molecule has 1 aromatic carbocycles. The van der Waals surface area contributed by atoms with Gasteiger partial charge in [0, 0.05) is 29.7 Å². The summed E-state index contributed by atoms with van der Waals surface area (Å²) in [7, 11) is 0. The van der Waals surface area contributed by atoms with Crippen LogP contribution in [0.15, 0.2) is 42.6 Å². The third-order valence-electron chi connectivity index (χ3n) is 2.49. The number of aryl methyl sites for hydroxylation is 1. The van der Waals surface area contributed by atoms with Crippen molar-refractivity contribution in [1.29, 1.82) is 0 Å². The first-order valence-electron chi connectivity index (χ1n) is 5.55. The molecule has 1 aromatic heterocycles. The monoisotopic (exact) mass is 257 g/mol. The van der Waals surface area contributed by atoms with Gasteiger partial charge in [0.25, 0.3) is 11.6 Å². The number of hydrogen-bond acceptors (Lipinski definition) is 4. The molecule has 2 aromatic rings. The second-order valence-electron chi connectivity index (χ2n) is 3.95. The van der Waals surface area contributed by atoms with Crippen LogP contribution < -0.4 is 5.32 Å². The van der Waals surface area contributed by atoms with Crippen LogP contribution in [0.4, 0.5) is 11.4 Å². The van der Waals surface area contributed by atoms with E-state index in [4.69, 9.17) is 0 Å². The summed E-state index contributed by atoms with van der Waals surface area (Å²) in [4.78, 5) is 26.0. The van der Waals surface area contributed by atoms with E-state index < -0.39 is 4.92 Å². The van der Waals surface area contributed by atoms with Crippen molar-refractivity contribution in [3.8, 4) is 0 Å². The molecule has 0 unspecified atom stereocenters. The van der Waals surface area contributed by atoms with Crippen LogP contribution in [0.25, 0.3) is 0 Å². The number of carbonyl (C=O) groups is 1. The van der Waals surface area contributed by atoms with Crippen molar-refractivity contribution < 1.29 is 9.72 Å². The highest BCUT2D eigenvalue weighted by atomic mass is 16.6. The van der Waals surface area contributed by atoms with Gasteiger partial charge in [-0.15, -0.1) is 0 Å². The lowest BCUT2D eigenvalue weighted by atomic mass is 10.2. The molecule has 0 fully saturated rings. The SMILES string of the molecule is Cc1ccc(C(=O)Nc2cccc([N+](=O)[O-])c2)cn1. The Bertz CT molecular complexity index is 623. The number of nitrogens with one attached hydrogen (secondary N) is 1. The summed E-state index contributed by atoms with van der Waals surface area (Å²) >= 11 is 0. The molecule has 0 atom stereocenters. The van der Waals surface area contributed by atoms with Gasteiger partial charge < -0.3 is 5.32 Å². The molecule has 0 aliphatic carbocycles. The molecule has 0 saturated heterocycles. The van der Waals surface area contributed by atoms with Crippen LogP contribution in [0.2, 0.25) is 0 Å². The first-order valence-corrected chi connectivity index (χ1v) is 5.55. The fourth-order valence-corrected chi connectivity index (χ4v) is 1.50. The normalized spacial score (nSPS) is 9.95. The smallest absolute Gasteiger partial charge is 0.271 e. The van der Waals surface area contributed by atoms with Crippen molar-refractivity contribution in [2.24, 2.45) is 0 Å². The lowest BCUT2D eigenvalue weighted by molar-refractivity contribution is -0.384. The highest BCUT2D eigenvalue weighted by Gasteiger charge is 2.09. The summed E-state index contributed by atoms with van der Waals surface area (Å²) < 4.78 is 0. The van der Waals surface area contributed by atoms with E-state index in [9.17, 15) is 14.9 Å². The predicted molar refractivity (Wildman–Crippen MR) is 70.0 cm³/mol. The van der Waals surface area contributed by atoms with Crippen molar-refractivity contribution in [1.82, 2.24) is 4.98 Å². The Labute approximate surface area is 109 Å². The van der Waals surface area contributed by atoms with Gasteiger partial charge in [-0.3, -0.25) is 19.9 Å². The third kappa shape index (κ3) is 3.12. The molecule has 19 heavy (non-hydrogen) atoms. The number of nitrogens with zero attached hydrogens (tertiary/aromatic N) is 2. The van der Waals surface area contributed by atoms with E-state index in [-0.39, 0.29) is 11.6 Å². The number of non-ortho nitro benzene ring substituents is 1. The van der Waals surface area contributed by atoms with Gasteiger partial charge in [0.2, 0.25) is 0 Å². The summed E-state index contributed by atoms with van der Waals surface area (Å²) in [5.74, 6) is -0.354. The van der Waals surface area contributed by atoms with E-state index in [0.29, 0.717) is 11.3 Å². The maximum atomic E-state index is 11.9. The number of anilines is 1. The van der Waals surface area contributed by atoms with Crippen LogP contribution in [0.1, 0.15) is 16.1 Å². The number of pyridine rings is 1. The van der Waals surface area contributed by atoms with Gasteiger partial charge in [0.1, 0.15) is 0 Å². The second-order valence-corrected chi connectivity index (χ2v) is 3.95. The number of nitro benzene ring substituents is 1. The van der Waals surface area contributed by atoms with Crippen LogP contribution in [0.3, 0.4) is 0 Å². The molecule has 0 aliphatic rings. The molecule has 0 radical (unpaired) electrons. The maximum Gasteiger partial charge on any atom is 0.271 e. The molecule has 0 bridgehead atoms. The molecule has 0 spiro atoms. The number of aromatic nitrogens is 1. The Morgan fingerprint density at radius 2 is 2.11 bits per heavy atom. The van der Waals surface area contributed by atoms with E-state index in [1.165, 1.54) is 24.4 Å². The van der Waals surface area contributed by atoms with Crippen LogP contribution in [0.5, 0.6) is 0 Å². The van der Waals surface area contributed by atoms with Crippen molar-refractivity contribution in [2.75, 3.05) is 5.32 Å². The summed E-state index contributed by atoms with van der Waals surface area (Å²) in [6.07, 6.45) is 1.46. The molecular formula is C13H11N3O3. The minimum absolute atomic E-state index is 0.0696. The first kappa shape index (κ1) is 12.7. The van der Waals surface area contributed by atoms with Gasteiger partial charge in [0.15, 0.2) is 0 Å².